The van der Waals surface area contributed by atoms with Gasteiger partial charge in [-0.15, -0.1) is 0 Å². The Morgan fingerprint density at radius 2 is 2.10 bits per heavy atom. The molecule has 0 saturated carbocycles. The Kier molecular flexibility index (Phi) is 4.60. The quantitative estimate of drug-likeness (QED) is 0.877. The van der Waals surface area contributed by atoms with E-state index in [0.717, 1.165) is 31.7 Å². The van der Waals surface area contributed by atoms with Crippen molar-refractivity contribution >= 4 is 11.7 Å². The Hall–Kier alpha value is -1.62. The van der Waals surface area contributed by atoms with Crippen LogP contribution in [0.2, 0.25) is 0 Å². The van der Waals surface area contributed by atoms with Crippen LogP contribution in [0.1, 0.15) is 43.5 Å². The van der Waals surface area contributed by atoms with Gasteiger partial charge in [-0.3, -0.25) is 4.79 Å². The smallest absolute Gasteiger partial charge is 0.255 e. The van der Waals surface area contributed by atoms with Gasteiger partial charge in [-0.25, -0.2) is 4.98 Å². The fourth-order valence-corrected chi connectivity index (χ4v) is 2.35. The number of aliphatic hydroxyl groups excluding tert-OH is 1. The first-order valence-electron chi connectivity index (χ1n) is 7.17. The van der Waals surface area contributed by atoms with Crippen LogP contribution in [-0.2, 0) is 0 Å². The third kappa shape index (κ3) is 3.48. The van der Waals surface area contributed by atoms with Crippen LogP contribution < -0.4 is 10.2 Å². The molecule has 1 aromatic rings. The van der Waals surface area contributed by atoms with Crippen molar-refractivity contribution in [2.75, 3.05) is 24.6 Å². The monoisotopic (exact) mass is 277 g/mol. The number of piperidine rings is 1. The Bertz CT molecular complexity index is 468. The zero-order valence-electron chi connectivity index (χ0n) is 12.2. The molecule has 1 amide bonds. The maximum atomic E-state index is 12.4. The average molecular weight is 277 g/mol. The van der Waals surface area contributed by atoms with Gasteiger partial charge >= 0.3 is 0 Å². The molecule has 2 rings (SSSR count). The number of hydrogen-bond donors (Lipinski definition) is 2. The number of nitrogens with zero attached hydrogens (tertiary/aromatic N) is 2. The van der Waals surface area contributed by atoms with Crippen molar-refractivity contribution < 1.29 is 9.90 Å². The SMILES string of the molecule is CC(C)(CO)NC(=O)c1cccnc1N1CCCCC1. The van der Waals surface area contributed by atoms with Gasteiger partial charge in [0.05, 0.1) is 17.7 Å². The summed E-state index contributed by atoms with van der Waals surface area (Å²) >= 11 is 0. The molecule has 1 aromatic heterocycles. The van der Waals surface area contributed by atoms with Crippen LogP contribution in [-0.4, -0.2) is 41.2 Å². The molecule has 2 heterocycles. The molecule has 1 saturated heterocycles. The summed E-state index contributed by atoms with van der Waals surface area (Å²) in [5, 5.41) is 12.1. The number of aliphatic hydroxyl groups is 1. The number of pyridine rings is 1. The van der Waals surface area contributed by atoms with E-state index < -0.39 is 5.54 Å². The Labute approximate surface area is 120 Å². The highest BCUT2D eigenvalue weighted by Gasteiger charge is 2.24. The van der Waals surface area contributed by atoms with Crippen LogP contribution >= 0.6 is 0 Å². The third-order valence-corrected chi connectivity index (χ3v) is 3.53. The molecular formula is C15H23N3O2. The standard InChI is InChI=1S/C15H23N3O2/c1-15(2,11-19)17-14(20)12-7-6-8-16-13(12)18-9-4-3-5-10-18/h6-8,19H,3-5,9-11H2,1-2H3,(H,17,20). The van der Waals surface area contributed by atoms with Crippen molar-refractivity contribution in [2.45, 2.75) is 38.6 Å². The zero-order valence-corrected chi connectivity index (χ0v) is 12.2. The van der Waals surface area contributed by atoms with E-state index in [-0.39, 0.29) is 12.5 Å². The summed E-state index contributed by atoms with van der Waals surface area (Å²) in [7, 11) is 0. The Morgan fingerprint density at radius 3 is 2.75 bits per heavy atom. The molecule has 2 N–H and O–H groups in total. The second kappa shape index (κ2) is 6.22. The summed E-state index contributed by atoms with van der Waals surface area (Å²) in [5.41, 5.74) is -0.0533. The minimum atomic E-state index is -0.633. The van der Waals surface area contributed by atoms with Crippen LogP contribution in [0.25, 0.3) is 0 Å². The van der Waals surface area contributed by atoms with E-state index in [4.69, 9.17) is 0 Å². The van der Waals surface area contributed by atoms with Crippen LogP contribution in [0, 0.1) is 0 Å². The van der Waals surface area contributed by atoms with Crippen molar-refractivity contribution in [3.05, 3.63) is 23.9 Å². The molecule has 1 fully saturated rings. The molecule has 0 radical (unpaired) electrons. The molecule has 1 aliphatic rings. The minimum absolute atomic E-state index is 0.0992. The lowest BCUT2D eigenvalue weighted by Crippen LogP contribution is -2.46. The van der Waals surface area contributed by atoms with E-state index in [1.807, 2.05) is 0 Å². The van der Waals surface area contributed by atoms with Gasteiger partial charge in [-0.05, 0) is 45.2 Å². The highest BCUT2D eigenvalue weighted by molar-refractivity contribution is 5.99. The summed E-state index contributed by atoms with van der Waals surface area (Å²) in [6.07, 6.45) is 5.24. The first kappa shape index (κ1) is 14.8. The molecule has 0 unspecified atom stereocenters. The number of hydrogen-bond acceptors (Lipinski definition) is 4. The molecule has 0 atom stereocenters. The summed E-state index contributed by atoms with van der Waals surface area (Å²) < 4.78 is 0. The maximum absolute atomic E-state index is 12.4. The Balaban J connectivity index is 2.20. The predicted molar refractivity (Wildman–Crippen MR) is 78.9 cm³/mol. The molecule has 5 nitrogen and oxygen atoms in total. The number of aromatic nitrogens is 1. The highest BCUT2D eigenvalue weighted by Crippen LogP contribution is 2.22. The number of amides is 1. The molecule has 110 valence electrons. The largest absolute Gasteiger partial charge is 0.394 e. The number of carbonyl (C=O) groups excluding carboxylic acids is 1. The Morgan fingerprint density at radius 1 is 1.40 bits per heavy atom. The van der Waals surface area contributed by atoms with Gasteiger partial charge in [0.2, 0.25) is 0 Å². The minimum Gasteiger partial charge on any atom is -0.394 e. The molecule has 1 aliphatic heterocycles. The molecule has 0 aromatic carbocycles. The van der Waals surface area contributed by atoms with Gasteiger partial charge in [0.25, 0.3) is 5.91 Å². The van der Waals surface area contributed by atoms with Gasteiger partial charge in [0, 0.05) is 19.3 Å². The topological polar surface area (TPSA) is 65.5 Å². The van der Waals surface area contributed by atoms with Crippen molar-refractivity contribution in [3.8, 4) is 0 Å². The molecule has 0 aliphatic carbocycles. The van der Waals surface area contributed by atoms with Gasteiger partial charge < -0.3 is 15.3 Å². The van der Waals surface area contributed by atoms with Crippen molar-refractivity contribution in [1.29, 1.82) is 0 Å². The molecule has 5 heteroatoms. The average Bonchev–Trinajstić information content (AvgIpc) is 2.48. The number of rotatable bonds is 4. The fourth-order valence-electron chi connectivity index (χ4n) is 2.35. The second-order valence-electron chi connectivity index (χ2n) is 5.92. The maximum Gasteiger partial charge on any atom is 0.255 e. The van der Waals surface area contributed by atoms with E-state index >= 15 is 0 Å². The van der Waals surface area contributed by atoms with E-state index in [1.54, 1.807) is 32.2 Å². The molecular weight excluding hydrogens is 254 g/mol. The lowest BCUT2D eigenvalue weighted by molar-refractivity contribution is 0.0869. The lowest BCUT2D eigenvalue weighted by Gasteiger charge is -2.30. The van der Waals surface area contributed by atoms with Crippen LogP contribution in [0.15, 0.2) is 18.3 Å². The highest BCUT2D eigenvalue weighted by atomic mass is 16.3. The summed E-state index contributed by atoms with van der Waals surface area (Å²) in [6.45, 7) is 5.38. The van der Waals surface area contributed by atoms with Crippen LogP contribution in [0.3, 0.4) is 0 Å². The third-order valence-electron chi connectivity index (χ3n) is 3.53. The van der Waals surface area contributed by atoms with Gasteiger partial charge in [-0.2, -0.15) is 0 Å². The van der Waals surface area contributed by atoms with Gasteiger partial charge in [0.15, 0.2) is 0 Å². The predicted octanol–water partition coefficient (Wildman–Crippen LogP) is 1.57. The van der Waals surface area contributed by atoms with E-state index in [9.17, 15) is 9.90 Å². The normalized spacial score (nSPS) is 16.1. The fraction of sp³-hybridized carbons (Fsp3) is 0.600. The van der Waals surface area contributed by atoms with E-state index in [0.29, 0.717) is 5.56 Å². The zero-order chi connectivity index (χ0) is 14.6. The van der Waals surface area contributed by atoms with Crippen LogP contribution in [0.4, 0.5) is 5.82 Å². The van der Waals surface area contributed by atoms with E-state index in [1.165, 1.54) is 6.42 Å². The molecule has 0 spiro atoms. The summed E-state index contributed by atoms with van der Waals surface area (Å²) in [4.78, 5) is 18.9. The van der Waals surface area contributed by atoms with Crippen molar-refractivity contribution in [2.24, 2.45) is 0 Å². The van der Waals surface area contributed by atoms with Crippen molar-refractivity contribution in [3.63, 3.8) is 0 Å². The summed E-state index contributed by atoms with van der Waals surface area (Å²) in [5.74, 6) is 0.566. The van der Waals surface area contributed by atoms with E-state index in [2.05, 4.69) is 15.2 Å². The van der Waals surface area contributed by atoms with Crippen molar-refractivity contribution in [1.82, 2.24) is 10.3 Å². The van der Waals surface area contributed by atoms with Gasteiger partial charge in [-0.1, -0.05) is 0 Å². The lowest BCUT2D eigenvalue weighted by atomic mass is 10.1. The molecule has 20 heavy (non-hydrogen) atoms. The first-order valence-corrected chi connectivity index (χ1v) is 7.17. The number of anilines is 1. The second-order valence-corrected chi connectivity index (χ2v) is 5.92. The van der Waals surface area contributed by atoms with Gasteiger partial charge in [0.1, 0.15) is 5.82 Å². The first-order chi connectivity index (χ1) is 9.53. The number of carbonyl (C=O) groups is 1. The summed E-state index contributed by atoms with van der Waals surface area (Å²) in [6, 6.07) is 3.56. The van der Waals surface area contributed by atoms with Crippen LogP contribution in [0.5, 0.6) is 0 Å². The molecule has 0 bridgehead atoms. The number of nitrogens with one attached hydrogen (secondary N) is 1.